The van der Waals surface area contributed by atoms with Crippen molar-refractivity contribution >= 4 is 769 Å². The van der Waals surface area contributed by atoms with Gasteiger partial charge in [-0.25, -0.2) is 4.79 Å². The quantitative estimate of drug-likeness (QED) is 0.0218. The number of nitrogens with two attached hydrogens (primary N) is 1. The Kier molecular flexibility index (Phi) is 62.7. The van der Waals surface area contributed by atoms with Crippen molar-refractivity contribution in [3.05, 3.63) is 29.8 Å². The predicted octanol–water partition coefficient (Wildman–Crippen LogP) is -36.5. The van der Waals surface area contributed by atoms with E-state index in [9.17, 15) is 14.4 Å². The van der Waals surface area contributed by atoms with Gasteiger partial charge in [0.2, 0.25) is 0 Å². The van der Waals surface area contributed by atoms with Gasteiger partial charge in [-0.3, -0.25) is 9.59 Å². The number of esters is 2. The van der Waals surface area contributed by atoms with Gasteiger partial charge in [0.25, 0.3) is 0 Å². The molecule has 0 aliphatic carbocycles. The van der Waals surface area contributed by atoms with Gasteiger partial charge in [-0.15, -0.1) is 11.8 Å². The van der Waals surface area contributed by atoms with Gasteiger partial charge in [0, 0.05) is 709 Å². The lowest BCUT2D eigenvalue weighted by molar-refractivity contribution is -0.139. The van der Waals surface area contributed by atoms with E-state index < -0.39 is 347 Å². The molecule has 0 saturated heterocycles. The van der Waals surface area contributed by atoms with Crippen LogP contribution in [0.25, 0.3) is 0 Å². The third-order valence-corrected chi connectivity index (χ3v) is 32.1. The van der Waals surface area contributed by atoms with E-state index >= 15 is 0 Å². The van der Waals surface area contributed by atoms with Gasteiger partial charge in [0.15, 0.2) is 0 Å². The first-order valence-corrected chi connectivity index (χ1v) is 44.9. The molecule has 0 aliphatic rings. The number of hydrogen-bond acceptors (Lipinski definition) is 7. The van der Waals surface area contributed by atoms with Crippen molar-refractivity contribution < 1.29 is 29.0 Å². The minimum Gasteiger partial charge on any atom is -0.480 e. The first-order chi connectivity index (χ1) is 56.1. The normalized spacial score (nSPS) is 10.7. The summed E-state index contributed by atoms with van der Waals surface area (Å²) in [5.41, 5.74) is 5.22. The first kappa shape index (κ1) is 129. The first-order valence-electron chi connectivity index (χ1n) is 39.2. The van der Waals surface area contributed by atoms with Crippen molar-refractivity contribution in [1.82, 2.24) is 0 Å². The Morgan fingerprint density at radius 2 is 0.512 bits per heavy atom. The molecule has 103 radical (unpaired) electrons. The Balaban J connectivity index is 0.00000684. The zero-order chi connectivity index (χ0) is 96.9. The van der Waals surface area contributed by atoms with E-state index in [0.29, 0.717) is 0 Å². The Morgan fingerprint density at radius 3 is 0.691 bits per heavy atom. The summed E-state index contributed by atoms with van der Waals surface area (Å²) < 4.78 is 4.31. The molecule has 1 aromatic rings. The lowest BCUT2D eigenvalue weighted by Gasteiger charge is -2.62. The highest BCUT2D eigenvalue weighted by atomic mass is 127. The molecular weight excluding hydrogens is 1540 g/mol. The van der Waals surface area contributed by atoms with E-state index in [0.717, 1.165) is 7.06 Å². The number of carboxylic acids is 1. The number of aliphatic carboxylic acids is 1. The SMILES string of the molecule is CC(=O)Oc1ccccc1C(=O)OC[C@H](N)C(=O)O.[B][B]B(B([B])[B])B(B(B([B])[B])B([B])[B])B(B(B([B])[B])B([B])[B])B(B(B(B([B])[B])B([B])[B])B(B([B])[B])B([B])[B])P(=S)(I)B(B(B(B(B([B])[B])B([B])[B])B(B([B])[B])B([B])[B])B(B(B([B])[B])B([B])[B])B(B([B])[B])B([B])[B])B(B(B(B([B])[B])B([B])[B])B(B([B])[B])B([B])[B])B(B(B([B])[B])B([B])[B])B(B([B])[B])B([B])[B]. The van der Waals surface area contributed by atoms with Gasteiger partial charge in [-0.1, -0.05) is 37.6 Å². The molecule has 0 bridgehead atoms. The van der Waals surface area contributed by atoms with E-state index in [1.54, 1.807) is 12.1 Å². The van der Waals surface area contributed by atoms with Gasteiger partial charge in [-0.2, -0.15) is 0 Å². The molecule has 0 aromatic heterocycles. The zero-order valence-electron chi connectivity index (χ0n) is 69.7. The number of para-hydroxylation sites is 1. The van der Waals surface area contributed by atoms with Crippen molar-refractivity contribution in [1.29, 1.82) is 0 Å². The van der Waals surface area contributed by atoms with Crippen LogP contribution in [-0.4, -0.2) is 750 Å². The number of benzene rings is 1. The van der Waals surface area contributed by atoms with E-state index in [4.69, 9.17) is 427 Å². The molecule has 2 atom stereocenters. The Labute approximate surface area is 849 Å². The van der Waals surface area contributed by atoms with Gasteiger partial charge in [-0.05, 0) is 12.1 Å². The van der Waals surface area contributed by atoms with Crippen molar-refractivity contribution in [3.63, 3.8) is 0 Å². The van der Waals surface area contributed by atoms with Gasteiger partial charge >= 0.3 is 17.9 Å². The molecule has 1 unspecified atom stereocenters. The molecule has 1 rings (SSSR count). The van der Waals surface area contributed by atoms with Crippen molar-refractivity contribution in [3.8, 4) is 5.75 Å². The summed E-state index contributed by atoms with van der Waals surface area (Å²) in [5.74, 6) is -2.62. The number of ether oxygens (including phenoxy) is 2. The smallest absolute Gasteiger partial charge is 0.342 e. The summed E-state index contributed by atoms with van der Waals surface area (Å²) in [7, 11) is 363. The molecule has 423 valence electrons. The lowest BCUT2D eigenvalue weighted by atomic mass is 8.26. The maximum atomic E-state index is 11.7. The molecule has 3 N–H and O–H groups in total. The molecule has 1 aromatic carbocycles. The number of rotatable bonds is 55. The molecule has 111 heteroatoms. The largest absolute Gasteiger partial charge is 0.480 e. The van der Waals surface area contributed by atoms with Crippen LogP contribution in [0.3, 0.4) is 0 Å². The molecule has 0 amide bonds. The van der Waals surface area contributed by atoms with Crippen LogP contribution in [0.5, 0.6) is 5.75 Å². The van der Waals surface area contributed by atoms with E-state index in [2.05, 4.69) is 0 Å². The summed E-state index contributed by atoms with van der Waals surface area (Å²) in [5, 5.41) is 8.55. The Morgan fingerprint density at radius 1 is 0.333 bits per heavy atom. The second-order valence-corrected chi connectivity index (χ2v) is 43.6. The fourth-order valence-electron chi connectivity index (χ4n) is 19.3. The van der Waals surface area contributed by atoms with Crippen LogP contribution in [-0.2, 0) is 26.1 Å². The highest BCUT2D eigenvalue weighted by Crippen LogP contribution is 2.64. The number of carboxylic acid groups (broad SMARTS) is 1. The molecule has 0 saturated carbocycles. The Hall–Kier alpha value is 5.53. The molecule has 7 nitrogen and oxygen atoms in total. The van der Waals surface area contributed by atoms with Crippen LogP contribution in [0.1, 0.15) is 17.3 Å². The van der Waals surface area contributed by atoms with Crippen LogP contribution in [0.4, 0.5) is 0 Å². The third-order valence-electron chi connectivity index (χ3n) is 23.8. The van der Waals surface area contributed by atoms with Gasteiger partial charge < -0.3 is 20.3 Å². The van der Waals surface area contributed by atoms with Crippen molar-refractivity contribution in [2.24, 2.45) is 5.73 Å². The summed E-state index contributed by atoms with van der Waals surface area (Å²) in [6.07, 6.45) is -89.9. The average molecular weight is 1550 g/mol. The zero-order valence-corrected chi connectivity index (χ0v) is 73.6. The maximum Gasteiger partial charge on any atom is 0.342 e. The van der Waals surface area contributed by atoms with Crippen LogP contribution >= 0.6 is 25.5 Å². The summed E-state index contributed by atoms with van der Waals surface area (Å²) >= 11 is 10.0. The second kappa shape index (κ2) is 60.0. The summed E-state index contributed by atoms with van der Waals surface area (Å²) in [6, 6.07) is 4.66. The fourth-order valence-corrected chi connectivity index (χ4v) is 29.3. The van der Waals surface area contributed by atoms with Crippen molar-refractivity contribution in [2.75, 3.05) is 6.61 Å². The molecule has 0 spiro atoms. The van der Waals surface area contributed by atoms with Crippen LogP contribution in [0.15, 0.2) is 24.3 Å². The summed E-state index contributed by atoms with van der Waals surface area (Å²) in [6.45, 7) is 0.727. The Bertz CT molecular complexity index is 2790. The predicted molar refractivity (Wildman–Crippen MR) is 673 cm³/mol. The standard InChI is InChI=1S/C12H13NO6.B101IPS/c1-7(14)19-10-5-3-2-4-8(10)12(17)18-6-9(13)11(15)16;1-52-78(53(2)3)91(79(54(4)5)55(6)7)97(90(76(48)49)77(50)51)100(96(88(72(40)41)73(42)43)89(74(44)45)75(46)47)103(102,104)101(98(92(80(56(8)9)57(10)11)81(58(12)13)59(14)15)93(82(60(16)17)61(18)19)83(62(20)21)63(22)23)99(94(84(64(24)25)65(26)27)85(66(28)29)67(30)31)95(86(68(32)33)69(34)35)87(70(36)37)71(38)39/h2-5,9H,6,13H2,1H3,(H,15,16);/t9-;/m0./s1. The minimum absolute atomic E-state index is 0.0234. The second-order valence-electron chi connectivity index (χ2n) is 32.6. The molecule has 123 heavy (non-hydrogen) atoms. The molecule has 0 aliphatic heterocycles. The monoisotopic (exact) mass is 1570 g/mol. The number of carbonyl (C=O) groups is 3. The molecular formula is C12H13B101INO6PS. The molecule has 0 heterocycles. The lowest BCUT2D eigenvalue weighted by Crippen LogP contribution is -2.96. The summed E-state index contributed by atoms with van der Waals surface area (Å²) in [4.78, 5) is 33.1. The van der Waals surface area contributed by atoms with E-state index in [1.807, 2.05) is 22.0 Å². The van der Waals surface area contributed by atoms with Crippen LogP contribution in [0, 0.1) is 0 Å². The van der Waals surface area contributed by atoms with E-state index in [-0.39, 0.29) is 11.3 Å². The number of carbonyl (C=O) groups excluding carboxylic acids is 2. The average Bonchev–Trinajstić information content (AvgIpc) is 0.700. The topological polar surface area (TPSA) is 116 Å². The highest BCUT2D eigenvalue weighted by molar-refractivity contribution is 14.2. The third kappa shape index (κ3) is 36.2. The number of halogens is 1. The van der Waals surface area contributed by atoms with Crippen LogP contribution in [0.2, 0.25) is 0 Å². The van der Waals surface area contributed by atoms with Gasteiger partial charge in [0.05, 0.1) is 12.4 Å². The molecule has 0 fully saturated rings. The number of hydrogen-bond donors (Lipinski definition) is 2. The van der Waals surface area contributed by atoms with Gasteiger partial charge in [0.1, 0.15) is 24.0 Å². The minimum atomic E-state index is -5.26. The fraction of sp³-hybridized carbons (Fsp3) is 0.250. The van der Waals surface area contributed by atoms with Crippen molar-refractivity contribution in [2.45, 2.75) is 13.0 Å². The highest BCUT2D eigenvalue weighted by Gasteiger charge is 2.70. The van der Waals surface area contributed by atoms with Crippen LogP contribution < -0.4 is 10.5 Å². The van der Waals surface area contributed by atoms with E-state index in [1.165, 1.54) is 19.1 Å². The maximum absolute atomic E-state index is 11.7.